The summed E-state index contributed by atoms with van der Waals surface area (Å²) in [6, 6.07) is 10.1. The van der Waals surface area contributed by atoms with Gasteiger partial charge in [-0.1, -0.05) is 53.4 Å². The lowest BCUT2D eigenvalue weighted by Crippen LogP contribution is -2.60. The molecule has 1 aromatic heterocycles. The topological polar surface area (TPSA) is 58.1 Å². The second-order valence-electron chi connectivity index (χ2n) is 5.62. The van der Waals surface area contributed by atoms with Crippen molar-refractivity contribution in [1.29, 1.82) is 0 Å². The van der Waals surface area contributed by atoms with E-state index in [1.54, 1.807) is 11.8 Å². The van der Waals surface area contributed by atoms with Gasteiger partial charge >= 0.3 is 0 Å². The molecular weight excluding hydrogens is 316 g/mol. The minimum atomic E-state index is -0.287. The van der Waals surface area contributed by atoms with Crippen LogP contribution in [0.1, 0.15) is 12.5 Å². The van der Waals surface area contributed by atoms with Gasteiger partial charge in [-0.25, -0.2) is 0 Å². The van der Waals surface area contributed by atoms with Gasteiger partial charge in [-0.2, -0.15) is 0 Å². The van der Waals surface area contributed by atoms with Crippen LogP contribution in [0.4, 0.5) is 5.13 Å². The van der Waals surface area contributed by atoms with Crippen molar-refractivity contribution >= 4 is 34.1 Å². The van der Waals surface area contributed by atoms with E-state index in [4.69, 9.17) is 0 Å². The average Bonchev–Trinajstić information content (AvgIpc) is 3.01. The predicted molar refractivity (Wildman–Crippen MR) is 90.1 cm³/mol. The number of aromatic nitrogens is 2. The molecule has 0 bridgehead atoms. The third-order valence-corrected chi connectivity index (χ3v) is 6.14. The molecule has 3 rings (SSSR count). The zero-order valence-electron chi connectivity index (χ0n) is 12.6. The Morgan fingerprint density at radius 3 is 2.77 bits per heavy atom. The number of anilines is 1. The van der Waals surface area contributed by atoms with Crippen LogP contribution in [0, 0.1) is 5.41 Å². The highest BCUT2D eigenvalue weighted by molar-refractivity contribution is 8.01. The second kappa shape index (κ2) is 6.26. The number of nitrogens with zero attached hydrogens (tertiary/aromatic N) is 3. The number of nitrogens with one attached hydrogen (secondary N) is 1. The first kappa shape index (κ1) is 15.3. The molecule has 1 unspecified atom stereocenters. The van der Waals surface area contributed by atoms with Gasteiger partial charge in [-0.15, -0.1) is 10.2 Å². The molecule has 0 spiro atoms. The lowest BCUT2D eigenvalue weighted by Gasteiger charge is -2.46. The summed E-state index contributed by atoms with van der Waals surface area (Å²) in [5.74, 6) is 0.970. The highest BCUT2D eigenvalue weighted by Gasteiger charge is 2.47. The lowest BCUT2D eigenvalue weighted by molar-refractivity contribution is -0.157. The molecular formula is C15H18N4OS2. The van der Waals surface area contributed by atoms with Gasteiger partial charge in [-0.3, -0.25) is 4.79 Å². The summed E-state index contributed by atoms with van der Waals surface area (Å²) in [6.07, 6.45) is 0. The summed E-state index contributed by atoms with van der Waals surface area (Å²) in [5.41, 5.74) is 0.888. The standard InChI is InChI=1S/C15H18N4OS2/c1-15(10-21-14-18-17-13(16-2)22-14)9-19(12(15)20)8-11-6-4-3-5-7-11/h3-7H,8-10H2,1-2H3,(H,16,17). The fourth-order valence-corrected chi connectivity index (χ4v) is 4.32. The predicted octanol–water partition coefficient (Wildman–Crippen LogP) is 2.72. The monoisotopic (exact) mass is 334 g/mol. The number of carbonyl (C=O) groups is 1. The molecule has 0 radical (unpaired) electrons. The van der Waals surface area contributed by atoms with E-state index >= 15 is 0 Å². The first-order chi connectivity index (χ1) is 10.6. The van der Waals surface area contributed by atoms with E-state index in [0.29, 0.717) is 6.54 Å². The molecule has 1 aliphatic rings. The molecule has 1 aliphatic heterocycles. The van der Waals surface area contributed by atoms with Crippen molar-refractivity contribution < 1.29 is 4.79 Å². The zero-order valence-corrected chi connectivity index (χ0v) is 14.2. The maximum Gasteiger partial charge on any atom is 0.231 e. The minimum Gasteiger partial charge on any atom is -0.363 e. The van der Waals surface area contributed by atoms with Gasteiger partial charge in [0.1, 0.15) is 0 Å². The average molecular weight is 334 g/mol. The third kappa shape index (κ3) is 3.10. The SMILES string of the molecule is CNc1nnc(SCC2(C)CN(Cc3ccccc3)C2=O)s1. The number of hydrogen-bond acceptors (Lipinski definition) is 6. The Bertz CT molecular complexity index is 661. The van der Waals surface area contributed by atoms with E-state index in [1.807, 2.05) is 37.1 Å². The molecule has 0 aliphatic carbocycles. The fourth-order valence-electron chi connectivity index (χ4n) is 2.48. The van der Waals surface area contributed by atoms with Gasteiger partial charge in [0.15, 0.2) is 4.34 Å². The molecule has 1 aromatic carbocycles. The molecule has 7 heteroatoms. The third-order valence-electron chi connectivity index (χ3n) is 3.69. The van der Waals surface area contributed by atoms with Crippen molar-refractivity contribution in [3.8, 4) is 0 Å². The van der Waals surface area contributed by atoms with Crippen LogP contribution in [0.2, 0.25) is 0 Å². The van der Waals surface area contributed by atoms with Crippen LogP contribution in [0.5, 0.6) is 0 Å². The summed E-state index contributed by atoms with van der Waals surface area (Å²) in [6.45, 7) is 3.53. The van der Waals surface area contributed by atoms with E-state index in [2.05, 4.69) is 27.6 Å². The van der Waals surface area contributed by atoms with E-state index in [-0.39, 0.29) is 11.3 Å². The Kier molecular flexibility index (Phi) is 4.35. The lowest BCUT2D eigenvalue weighted by atomic mass is 9.82. The quantitative estimate of drug-likeness (QED) is 0.650. The number of amides is 1. The number of thioether (sulfide) groups is 1. The molecule has 116 valence electrons. The maximum atomic E-state index is 12.4. The minimum absolute atomic E-state index is 0.224. The van der Waals surface area contributed by atoms with Crippen molar-refractivity contribution in [3.63, 3.8) is 0 Å². The van der Waals surface area contributed by atoms with Crippen molar-refractivity contribution in [1.82, 2.24) is 15.1 Å². The number of carbonyl (C=O) groups excluding carboxylic acids is 1. The van der Waals surface area contributed by atoms with Gasteiger partial charge in [-0.05, 0) is 12.5 Å². The Labute approximate surface area is 138 Å². The number of hydrogen-bond donors (Lipinski definition) is 1. The molecule has 1 atom stereocenters. The molecule has 1 amide bonds. The Balaban J connectivity index is 1.53. The number of likely N-dealkylation sites (tertiary alicyclic amines) is 1. The molecule has 1 N–H and O–H groups in total. The second-order valence-corrected chi connectivity index (χ2v) is 7.82. The fraction of sp³-hybridized carbons (Fsp3) is 0.400. The van der Waals surface area contributed by atoms with Crippen molar-refractivity contribution in [3.05, 3.63) is 35.9 Å². The molecule has 2 aromatic rings. The van der Waals surface area contributed by atoms with Crippen LogP contribution in [0.15, 0.2) is 34.7 Å². The normalized spacial score (nSPS) is 20.8. The van der Waals surface area contributed by atoms with Crippen LogP contribution < -0.4 is 5.32 Å². The van der Waals surface area contributed by atoms with Crippen molar-refractivity contribution in [2.24, 2.45) is 5.41 Å². The molecule has 0 saturated carbocycles. The number of β-lactam (4-membered cyclic amide) rings is 1. The van der Waals surface area contributed by atoms with Crippen molar-refractivity contribution in [2.45, 2.75) is 17.8 Å². The summed E-state index contributed by atoms with van der Waals surface area (Å²) >= 11 is 3.13. The van der Waals surface area contributed by atoms with Gasteiger partial charge in [0.2, 0.25) is 11.0 Å². The largest absolute Gasteiger partial charge is 0.363 e. The van der Waals surface area contributed by atoms with E-state index in [0.717, 1.165) is 21.8 Å². The number of benzene rings is 1. The van der Waals surface area contributed by atoms with Crippen LogP contribution >= 0.6 is 23.1 Å². The highest BCUT2D eigenvalue weighted by Crippen LogP contribution is 2.39. The van der Waals surface area contributed by atoms with Crippen LogP contribution in [-0.2, 0) is 11.3 Å². The summed E-state index contributed by atoms with van der Waals surface area (Å²) < 4.78 is 0.903. The van der Waals surface area contributed by atoms with Gasteiger partial charge < -0.3 is 10.2 Å². The molecule has 2 heterocycles. The summed E-state index contributed by atoms with van der Waals surface area (Å²) in [4.78, 5) is 14.3. The Morgan fingerprint density at radius 1 is 1.36 bits per heavy atom. The molecule has 1 fully saturated rings. The van der Waals surface area contributed by atoms with Crippen LogP contribution in [-0.4, -0.2) is 40.3 Å². The first-order valence-electron chi connectivity index (χ1n) is 7.08. The zero-order chi connectivity index (χ0) is 15.6. The van der Waals surface area contributed by atoms with Gasteiger partial charge in [0, 0.05) is 25.9 Å². The van der Waals surface area contributed by atoms with Crippen LogP contribution in [0.3, 0.4) is 0 Å². The Hall–Kier alpha value is -1.60. The van der Waals surface area contributed by atoms with E-state index in [9.17, 15) is 4.79 Å². The van der Waals surface area contributed by atoms with E-state index < -0.39 is 0 Å². The maximum absolute atomic E-state index is 12.4. The van der Waals surface area contributed by atoms with Gasteiger partial charge in [0.05, 0.1) is 5.41 Å². The molecule has 22 heavy (non-hydrogen) atoms. The Morgan fingerprint density at radius 2 is 2.14 bits per heavy atom. The highest BCUT2D eigenvalue weighted by atomic mass is 32.2. The van der Waals surface area contributed by atoms with Gasteiger partial charge in [0.25, 0.3) is 0 Å². The number of rotatable bonds is 6. The molecule has 1 saturated heterocycles. The summed E-state index contributed by atoms with van der Waals surface area (Å²) in [5, 5.41) is 11.9. The van der Waals surface area contributed by atoms with Crippen molar-refractivity contribution in [2.75, 3.05) is 24.7 Å². The van der Waals surface area contributed by atoms with Crippen LogP contribution in [0.25, 0.3) is 0 Å². The van der Waals surface area contributed by atoms with E-state index in [1.165, 1.54) is 16.9 Å². The molecule has 5 nitrogen and oxygen atoms in total. The first-order valence-corrected chi connectivity index (χ1v) is 8.88. The smallest absolute Gasteiger partial charge is 0.231 e. The summed E-state index contributed by atoms with van der Waals surface area (Å²) in [7, 11) is 1.83.